The Morgan fingerprint density at radius 1 is 1.50 bits per heavy atom. The van der Waals surface area contributed by atoms with Crippen LogP contribution in [0.2, 0.25) is 0 Å². The van der Waals surface area contributed by atoms with E-state index >= 15 is 0 Å². The lowest BCUT2D eigenvalue weighted by molar-refractivity contribution is 0.100. The van der Waals surface area contributed by atoms with Crippen LogP contribution in [0.4, 0.5) is 11.5 Å². The van der Waals surface area contributed by atoms with Crippen LogP contribution in [0, 0.1) is 0 Å². The van der Waals surface area contributed by atoms with Crippen LogP contribution >= 0.6 is 0 Å². The Hall–Kier alpha value is -1.82. The van der Waals surface area contributed by atoms with Gasteiger partial charge >= 0.3 is 0 Å². The predicted octanol–water partition coefficient (Wildman–Crippen LogP) is 0.683. The Balaban J connectivity index is 2.33. The third-order valence-corrected chi connectivity index (χ3v) is 3.85. The minimum absolute atomic E-state index is 0.334. The fourth-order valence-corrected chi connectivity index (χ4v) is 2.72. The van der Waals surface area contributed by atoms with Crippen LogP contribution in [0.1, 0.15) is 30.1 Å². The summed E-state index contributed by atoms with van der Waals surface area (Å²) in [5.41, 5.74) is 11.8. The number of amides is 1. The van der Waals surface area contributed by atoms with Crippen molar-refractivity contribution in [1.82, 2.24) is 9.88 Å². The number of carbonyl (C=O) groups excluding carboxylic acids is 1. The van der Waals surface area contributed by atoms with Gasteiger partial charge in [0.25, 0.3) is 5.91 Å². The molecule has 1 aromatic rings. The van der Waals surface area contributed by atoms with Gasteiger partial charge in [-0.25, -0.2) is 4.98 Å². The summed E-state index contributed by atoms with van der Waals surface area (Å²) in [4.78, 5) is 20.4. The highest BCUT2D eigenvalue weighted by molar-refractivity contribution is 5.98. The second-order valence-electron chi connectivity index (χ2n) is 5.37. The van der Waals surface area contributed by atoms with E-state index in [2.05, 4.69) is 28.8 Å². The van der Waals surface area contributed by atoms with Gasteiger partial charge in [0, 0.05) is 19.1 Å². The SMILES string of the molecule is CCC1CN(C)CCCN1c1cc(C(N)=O)c(N)cn1. The molecule has 1 atom stereocenters. The van der Waals surface area contributed by atoms with Gasteiger partial charge in [-0.05, 0) is 32.5 Å². The number of nitrogens with zero attached hydrogens (tertiary/aromatic N) is 3. The van der Waals surface area contributed by atoms with Crippen molar-refractivity contribution < 1.29 is 4.79 Å². The lowest BCUT2D eigenvalue weighted by Gasteiger charge is -2.31. The zero-order valence-corrected chi connectivity index (χ0v) is 12.2. The molecule has 1 aliphatic heterocycles. The molecule has 4 N–H and O–H groups in total. The number of rotatable bonds is 3. The highest BCUT2D eigenvalue weighted by atomic mass is 16.1. The molecule has 0 saturated carbocycles. The number of pyridine rings is 1. The summed E-state index contributed by atoms with van der Waals surface area (Å²) in [7, 11) is 2.14. The van der Waals surface area contributed by atoms with Crippen LogP contribution in [-0.4, -0.2) is 48.5 Å². The van der Waals surface area contributed by atoms with E-state index in [1.165, 1.54) is 6.20 Å². The van der Waals surface area contributed by atoms with Crippen molar-refractivity contribution in [3.8, 4) is 0 Å². The second kappa shape index (κ2) is 6.09. The highest BCUT2D eigenvalue weighted by Gasteiger charge is 2.24. The molecule has 1 saturated heterocycles. The molecule has 1 fully saturated rings. The van der Waals surface area contributed by atoms with Crippen molar-refractivity contribution in [3.05, 3.63) is 17.8 Å². The van der Waals surface area contributed by atoms with Gasteiger partial charge < -0.3 is 21.3 Å². The monoisotopic (exact) mass is 277 g/mol. The molecule has 0 aliphatic carbocycles. The quantitative estimate of drug-likeness (QED) is 0.848. The minimum atomic E-state index is -0.508. The number of aromatic nitrogens is 1. The van der Waals surface area contributed by atoms with E-state index in [4.69, 9.17) is 11.5 Å². The van der Waals surface area contributed by atoms with Gasteiger partial charge in [0.1, 0.15) is 5.82 Å². The molecule has 6 heteroatoms. The molecule has 6 nitrogen and oxygen atoms in total. The number of likely N-dealkylation sites (N-methyl/N-ethyl adjacent to an activating group) is 1. The maximum absolute atomic E-state index is 11.4. The molecule has 20 heavy (non-hydrogen) atoms. The predicted molar refractivity (Wildman–Crippen MR) is 80.7 cm³/mol. The van der Waals surface area contributed by atoms with Gasteiger partial charge in [0.2, 0.25) is 0 Å². The molecule has 110 valence electrons. The molecule has 2 rings (SSSR count). The summed E-state index contributed by atoms with van der Waals surface area (Å²) in [6.45, 7) is 5.17. The summed E-state index contributed by atoms with van der Waals surface area (Å²) >= 11 is 0. The number of hydrogen-bond donors (Lipinski definition) is 2. The molecule has 1 unspecified atom stereocenters. The molecule has 1 aromatic heterocycles. The van der Waals surface area contributed by atoms with Gasteiger partial charge in [-0.2, -0.15) is 0 Å². The lowest BCUT2D eigenvalue weighted by atomic mass is 10.1. The van der Waals surface area contributed by atoms with Crippen molar-refractivity contribution in [1.29, 1.82) is 0 Å². The molecule has 0 spiro atoms. The van der Waals surface area contributed by atoms with E-state index < -0.39 is 5.91 Å². The van der Waals surface area contributed by atoms with Crippen molar-refractivity contribution in [2.75, 3.05) is 37.3 Å². The van der Waals surface area contributed by atoms with Gasteiger partial charge in [-0.1, -0.05) is 6.92 Å². The number of hydrogen-bond acceptors (Lipinski definition) is 5. The van der Waals surface area contributed by atoms with Crippen LogP contribution in [0.25, 0.3) is 0 Å². The fraction of sp³-hybridized carbons (Fsp3) is 0.571. The molecule has 0 radical (unpaired) electrons. The number of nitrogen functional groups attached to an aromatic ring is 1. The number of primary amides is 1. The van der Waals surface area contributed by atoms with Crippen LogP contribution in [0.3, 0.4) is 0 Å². The van der Waals surface area contributed by atoms with Crippen LogP contribution < -0.4 is 16.4 Å². The van der Waals surface area contributed by atoms with E-state index in [1.54, 1.807) is 6.07 Å². The number of carbonyl (C=O) groups is 1. The van der Waals surface area contributed by atoms with Crippen molar-refractivity contribution in [2.45, 2.75) is 25.8 Å². The van der Waals surface area contributed by atoms with Gasteiger partial charge in [0.05, 0.1) is 17.4 Å². The first kappa shape index (κ1) is 14.6. The number of anilines is 2. The molecular weight excluding hydrogens is 254 g/mol. The van der Waals surface area contributed by atoms with Crippen molar-refractivity contribution in [2.24, 2.45) is 5.73 Å². The third kappa shape index (κ3) is 3.01. The second-order valence-corrected chi connectivity index (χ2v) is 5.37. The number of nitrogens with two attached hydrogens (primary N) is 2. The summed E-state index contributed by atoms with van der Waals surface area (Å²) in [6.07, 6.45) is 3.63. The largest absolute Gasteiger partial charge is 0.397 e. The third-order valence-electron chi connectivity index (χ3n) is 3.85. The Morgan fingerprint density at radius 3 is 2.90 bits per heavy atom. The summed E-state index contributed by atoms with van der Waals surface area (Å²) < 4.78 is 0. The summed E-state index contributed by atoms with van der Waals surface area (Å²) in [5.74, 6) is 0.279. The van der Waals surface area contributed by atoms with Crippen LogP contribution in [0.5, 0.6) is 0 Å². The van der Waals surface area contributed by atoms with E-state index in [1.807, 2.05) is 0 Å². The average Bonchev–Trinajstić information content (AvgIpc) is 2.60. The van der Waals surface area contributed by atoms with E-state index in [0.717, 1.165) is 38.3 Å². The minimum Gasteiger partial charge on any atom is -0.397 e. The smallest absolute Gasteiger partial charge is 0.250 e. The maximum atomic E-state index is 11.4. The van der Waals surface area contributed by atoms with Gasteiger partial charge in [-0.3, -0.25) is 4.79 Å². The molecular formula is C14H23N5O. The van der Waals surface area contributed by atoms with Crippen molar-refractivity contribution >= 4 is 17.4 Å². The van der Waals surface area contributed by atoms with E-state index in [-0.39, 0.29) is 0 Å². The average molecular weight is 277 g/mol. The van der Waals surface area contributed by atoms with Crippen LogP contribution in [-0.2, 0) is 0 Å². The molecule has 1 aliphatic rings. The van der Waals surface area contributed by atoms with Gasteiger partial charge in [-0.15, -0.1) is 0 Å². The van der Waals surface area contributed by atoms with E-state index in [9.17, 15) is 4.79 Å². The Morgan fingerprint density at radius 2 is 2.25 bits per heavy atom. The van der Waals surface area contributed by atoms with Gasteiger partial charge in [0.15, 0.2) is 0 Å². The summed E-state index contributed by atoms with van der Waals surface area (Å²) in [6, 6.07) is 2.10. The standard InChI is InChI=1S/C14H23N5O/c1-3-10-9-18(2)5-4-6-19(10)13-7-11(14(16)20)12(15)8-17-13/h7-8,10H,3-6,9,15H2,1-2H3,(H2,16,20). The normalized spacial score (nSPS) is 20.7. The lowest BCUT2D eigenvalue weighted by Crippen LogP contribution is -2.40. The topological polar surface area (TPSA) is 88.5 Å². The first-order valence-corrected chi connectivity index (χ1v) is 7.03. The first-order chi connectivity index (χ1) is 9.52. The zero-order valence-electron chi connectivity index (χ0n) is 12.2. The molecule has 1 amide bonds. The molecule has 0 aromatic carbocycles. The van der Waals surface area contributed by atoms with E-state index in [0.29, 0.717) is 17.3 Å². The van der Waals surface area contributed by atoms with Crippen molar-refractivity contribution in [3.63, 3.8) is 0 Å². The Kier molecular flexibility index (Phi) is 4.44. The zero-order chi connectivity index (χ0) is 14.7. The maximum Gasteiger partial charge on any atom is 0.250 e. The summed E-state index contributed by atoms with van der Waals surface area (Å²) in [5, 5.41) is 0. The highest BCUT2D eigenvalue weighted by Crippen LogP contribution is 2.23. The molecule has 0 bridgehead atoms. The molecule has 2 heterocycles. The van der Waals surface area contributed by atoms with Crippen LogP contribution in [0.15, 0.2) is 12.3 Å². The first-order valence-electron chi connectivity index (χ1n) is 7.03. The Labute approximate surface area is 119 Å². The Bertz CT molecular complexity index is 490. The fourth-order valence-electron chi connectivity index (χ4n) is 2.72.